The summed E-state index contributed by atoms with van der Waals surface area (Å²) in [7, 11) is 1.46. The minimum absolute atomic E-state index is 0.302. The van der Waals surface area contributed by atoms with Crippen LogP contribution < -0.4 is 4.74 Å². The van der Waals surface area contributed by atoms with Crippen molar-refractivity contribution in [3.05, 3.63) is 27.7 Å². The first-order chi connectivity index (χ1) is 15.4. The first-order valence-corrected chi connectivity index (χ1v) is 10.9. The van der Waals surface area contributed by atoms with Crippen molar-refractivity contribution in [1.29, 1.82) is 0 Å². The second-order valence-electron chi connectivity index (χ2n) is 7.49. The predicted molar refractivity (Wildman–Crippen MR) is 116 cm³/mol. The zero-order valence-corrected chi connectivity index (χ0v) is 20.8. The molecule has 2 rings (SSSR count). The van der Waals surface area contributed by atoms with Crippen LogP contribution in [0.3, 0.4) is 0 Å². The molecule has 1 aliphatic rings. The number of ether oxygens (including phenoxy) is 6. The quantitative estimate of drug-likeness (QED) is 0.383. The third-order valence-corrected chi connectivity index (χ3v) is 5.31. The molecule has 0 aliphatic carbocycles. The van der Waals surface area contributed by atoms with Crippen molar-refractivity contribution in [2.24, 2.45) is 0 Å². The van der Waals surface area contributed by atoms with E-state index in [0.717, 1.165) is 5.56 Å². The molecule has 0 aromatic heterocycles. The van der Waals surface area contributed by atoms with E-state index < -0.39 is 54.4 Å². The Kier molecular flexibility index (Phi) is 9.24. The highest BCUT2D eigenvalue weighted by Crippen LogP contribution is 2.43. The van der Waals surface area contributed by atoms with Crippen LogP contribution in [0.25, 0.3) is 0 Å². The van der Waals surface area contributed by atoms with Crippen molar-refractivity contribution in [2.45, 2.75) is 65.1 Å². The number of methoxy groups -OCH3 is 1. The van der Waals surface area contributed by atoms with Gasteiger partial charge in [0, 0.05) is 33.3 Å². The van der Waals surface area contributed by atoms with Gasteiger partial charge in [0.15, 0.2) is 18.3 Å². The zero-order chi connectivity index (χ0) is 24.9. The molecule has 1 heterocycles. The number of hydrogen-bond donors (Lipinski definition) is 0. The molecule has 182 valence electrons. The van der Waals surface area contributed by atoms with Gasteiger partial charge in [-0.1, -0.05) is 0 Å². The summed E-state index contributed by atoms with van der Waals surface area (Å²) in [5.41, 5.74) is 1.33. The summed E-state index contributed by atoms with van der Waals surface area (Å²) in [5.74, 6) is -2.24. The van der Waals surface area contributed by atoms with Crippen molar-refractivity contribution in [1.82, 2.24) is 0 Å². The Morgan fingerprint density at radius 2 is 1.42 bits per heavy atom. The van der Waals surface area contributed by atoms with Crippen LogP contribution in [0.2, 0.25) is 0 Å². The average molecular weight is 531 g/mol. The molecule has 0 spiro atoms. The molecule has 1 saturated heterocycles. The van der Waals surface area contributed by atoms with E-state index in [9.17, 15) is 19.2 Å². The Morgan fingerprint density at radius 3 is 1.94 bits per heavy atom. The number of carbonyl (C=O) groups is 4. The average Bonchev–Trinajstić information content (AvgIpc) is 2.68. The van der Waals surface area contributed by atoms with E-state index >= 15 is 0 Å². The highest BCUT2D eigenvalue weighted by Gasteiger charge is 2.53. The van der Waals surface area contributed by atoms with Crippen LogP contribution in [0.5, 0.6) is 5.75 Å². The number of hydrogen-bond acceptors (Lipinski definition) is 10. The van der Waals surface area contributed by atoms with Crippen molar-refractivity contribution < 1.29 is 47.6 Å². The summed E-state index contributed by atoms with van der Waals surface area (Å²) >= 11 is 3.45. The SMILES string of the molecule is COc1c(Br)cc(C)cc1[C@@H]1O[C@H](COC(C)=O)[C@H](OC(C)=O)[C@H](OC(C)=O)[C@H]1OC(C)=O. The Balaban J connectivity index is 2.68. The molecule has 0 amide bonds. The summed E-state index contributed by atoms with van der Waals surface area (Å²) in [5, 5.41) is 0. The molecule has 1 aromatic carbocycles. The van der Waals surface area contributed by atoms with Gasteiger partial charge in [0.1, 0.15) is 24.6 Å². The number of esters is 4. The molecule has 33 heavy (non-hydrogen) atoms. The third-order valence-electron chi connectivity index (χ3n) is 4.72. The lowest BCUT2D eigenvalue weighted by atomic mass is 9.89. The fraction of sp³-hybridized carbons (Fsp3) is 0.545. The summed E-state index contributed by atoms with van der Waals surface area (Å²) in [6, 6.07) is 3.60. The van der Waals surface area contributed by atoms with Gasteiger partial charge in [-0.05, 0) is 40.5 Å². The van der Waals surface area contributed by atoms with E-state index in [2.05, 4.69) is 15.9 Å². The summed E-state index contributed by atoms with van der Waals surface area (Å²) < 4.78 is 33.8. The topological polar surface area (TPSA) is 124 Å². The highest BCUT2D eigenvalue weighted by atomic mass is 79.9. The summed E-state index contributed by atoms with van der Waals surface area (Å²) in [4.78, 5) is 47.3. The van der Waals surface area contributed by atoms with Gasteiger partial charge in [-0.15, -0.1) is 0 Å². The summed E-state index contributed by atoms with van der Waals surface area (Å²) in [6.07, 6.45) is -5.73. The van der Waals surface area contributed by atoms with Crippen LogP contribution in [0.4, 0.5) is 0 Å². The second kappa shape index (κ2) is 11.5. The van der Waals surface area contributed by atoms with Crippen molar-refractivity contribution in [3.8, 4) is 5.75 Å². The van der Waals surface area contributed by atoms with Crippen molar-refractivity contribution in [3.63, 3.8) is 0 Å². The van der Waals surface area contributed by atoms with Crippen LogP contribution in [0.1, 0.15) is 44.9 Å². The maximum atomic E-state index is 12.0. The molecular weight excluding hydrogens is 504 g/mol. The molecular formula is C22H27BrO10. The molecule has 10 nitrogen and oxygen atoms in total. The highest BCUT2D eigenvalue weighted by molar-refractivity contribution is 9.10. The first-order valence-electron chi connectivity index (χ1n) is 10.1. The van der Waals surface area contributed by atoms with Gasteiger partial charge in [0.25, 0.3) is 0 Å². The minimum atomic E-state index is -1.25. The van der Waals surface area contributed by atoms with Crippen molar-refractivity contribution in [2.75, 3.05) is 13.7 Å². The fourth-order valence-electron chi connectivity index (χ4n) is 3.66. The predicted octanol–water partition coefficient (Wildman–Crippen LogP) is 2.56. The van der Waals surface area contributed by atoms with E-state index in [1.54, 1.807) is 6.07 Å². The lowest BCUT2D eigenvalue weighted by Crippen LogP contribution is -2.59. The Hall–Kier alpha value is -2.66. The zero-order valence-electron chi connectivity index (χ0n) is 19.2. The first kappa shape index (κ1) is 26.6. The molecule has 1 fully saturated rings. The van der Waals surface area contributed by atoms with Crippen molar-refractivity contribution >= 4 is 39.8 Å². The standard InChI is InChI=1S/C22H27BrO10/c1-10-7-15(18(28-6)16(23)8-10)19-21(31-13(4)26)22(32-14(5)27)20(30-12(3)25)17(33-19)9-29-11(2)24/h7-8,17,19-22H,9H2,1-6H3/t17-,19+,20+,21+,22+/m1/s1. The van der Waals surface area contributed by atoms with Crippen LogP contribution in [-0.2, 0) is 42.9 Å². The molecule has 1 aliphatic heterocycles. The van der Waals surface area contributed by atoms with Gasteiger partial charge in [0.2, 0.25) is 0 Å². The van der Waals surface area contributed by atoms with Crippen LogP contribution in [-0.4, -0.2) is 62.0 Å². The largest absolute Gasteiger partial charge is 0.495 e. The molecule has 1 aromatic rings. The van der Waals surface area contributed by atoms with Gasteiger partial charge in [-0.3, -0.25) is 19.2 Å². The molecule has 11 heteroatoms. The molecule has 0 N–H and O–H groups in total. The van der Waals surface area contributed by atoms with E-state index in [1.165, 1.54) is 34.8 Å². The number of rotatable bonds is 7. The molecule has 5 atom stereocenters. The number of halogens is 1. The van der Waals surface area contributed by atoms with E-state index in [-0.39, 0.29) is 6.61 Å². The second-order valence-corrected chi connectivity index (χ2v) is 8.34. The monoisotopic (exact) mass is 530 g/mol. The van der Waals surface area contributed by atoms with Crippen LogP contribution in [0.15, 0.2) is 16.6 Å². The molecule has 0 unspecified atom stereocenters. The van der Waals surface area contributed by atoms with Gasteiger partial charge >= 0.3 is 23.9 Å². The maximum absolute atomic E-state index is 12.0. The minimum Gasteiger partial charge on any atom is -0.495 e. The van der Waals surface area contributed by atoms with E-state index in [4.69, 9.17) is 28.4 Å². The Morgan fingerprint density at radius 1 is 0.879 bits per heavy atom. The third kappa shape index (κ3) is 6.91. The molecule has 0 radical (unpaired) electrons. The maximum Gasteiger partial charge on any atom is 0.303 e. The summed E-state index contributed by atoms with van der Waals surface area (Å²) in [6.45, 7) is 6.29. The normalized spacial score (nSPS) is 24.4. The van der Waals surface area contributed by atoms with Gasteiger partial charge in [-0.25, -0.2) is 0 Å². The lowest BCUT2D eigenvalue weighted by molar-refractivity contribution is -0.254. The van der Waals surface area contributed by atoms with E-state index in [0.29, 0.717) is 15.8 Å². The number of carbonyl (C=O) groups excluding carboxylic acids is 4. The fourth-order valence-corrected chi connectivity index (χ4v) is 4.41. The van der Waals surface area contributed by atoms with Gasteiger partial charge < -0.3 is 28.4 Å². The Labute approximate surface area is 199 Å². The molecule has 0 bridgehead atoms. The number of aryl methyl sites for hydroxylation is 1. The Bertz CT molecular complexity index is 915. The van der Waals surface area contributed by atoms with E-state index in [1.807, 2.05) is 13.0 Å². The lowest BCUT2D eigenvalue weighted by Gasteiger charge is -2.44. The van der Waals surface area contributed by atoms with Gasteiger partial charge in [-0.2, -0.15) is 0 Å². The number of benzene rings is 1. The smallest absolute Gasteiger partial charge is 0.303 e. The van der Waals surface area contributed by atoms with Crippen LogP contribution >= 0.6 is 15.9 Å². The molecule has 0 saturated carbocycles. The van der Waals surface area contributed by atoms with Crippen LogP contribution in [0, 0.1) is 6.92 Å². The van der Waals surface area contributed by atoms with Gasteiger partial charge in [0.05, 0.1) is 11.6 Å².